The molecule has 0 radical (unpaired) electrons. The Balaban J connectivity index is 2.96. The summed E-state index contributed by atoms with van der Waals surface area (Å²) in [5, 5.41) is 11.5. The second-order valence-electron chi connectivity index (χ2n) is 2.26. The number of hydrogen-bond acceptors (Lipinski definition) is 3. The van der Waals surface area contributed by atoms with Crippen LogP contribution in [0.5, 0.6) is 0 Å². The maximum absolute atomic E-state index is 12.4. The van der Waals surface area contributed by atoms with Crippen molar-refractivity contribution >= 4 is 5.71 Å². The largest absolute Gasteiger partial charge is 0.411 e. The number of nitrogens with zero attached hydrogens (tertiary/aromatic N) is 2. The van der Waals surface area contributed by atoms with E-state index in [2.05, 4.69) is 10.1 Å². The van der Waals surface area contributed by atoms with Crippen molar-refractivity contribution < 1.29 is 9.60 Å². The van der Waals surface area contributed by atoms with E-state index in [1.165, 1.54) is 12.1 Å². The molecule has 0 fully saturated rings. The van der Waals surface area contributed by atoms with Gasteiger partial charge in [0.1, 0.15) is 11.5 Å². The minimum absolute atomic E-state index is 0.396. The third-order valence-electron chi connectivity index (χ3n) is 1.48. The molecule has 0 atom stereocenters. The summed E-state index contributed by atoms with van der Waals surface area (Å²) in [6.45, 7) is 1.83. The van der Waals surface area contributed by atoms with Crippen LogP contribution in [0.2, 0.25) is 0 Å². The minimum Gasteiger partial charge on any atom is -0.411 e. The molecule has 0 aliphatic rings. The number of pyridine rings is 1. The fourth-order valence-electron chi connectivity index (χ4n) is 0.850. The van der Waals surface area contributed by atoms with Crippen LogP contribution in [-0.2, 0) is 0 Å². The topological polar surface area (TPSA) is 45.5 Å². The van der Waals surface area contributed by atoms with E-state index in [4.69, 9.17) is 5.21 Å². The maximum atomic E-state index is 12.4. The highest BCUT2D eigenvalue weighted by Gasteiger charge is 2.02. The summed E-state index contributed by atoms with van der Waals surface area (Å²) in [4.78, 5) is 3.75. The van der Waals surface area contributed by atoms with Gasteiger partial charge in [-0.15, -0.1) is 0 Å². The molecule has 1 rings (SSSR count). The third-order valence-corrected chi connectivity index (χ3v) is 1.48. The Labute approximate surface area is 69.6 Å². The normalized spacial score (nSPS) is 11.7. The molecule has 0 aromatic carbocycles. The molecule has 0 amide bonds. The summed E-state index contributed by atoms with van der Waals surface area (Å²) < 4.78 is 12.4. The molecule has 64 valence electrons. The quantitative estimate of drug-likeness (QED) is 0.416. The van der Waals surface area contributed by atoms with Gasteiger partial charge in [-0.1, -0.05) is 12.1 Å². The SMILES string of the molecule is CC/C(=N/O)c1ccc(F)cn1. The van der Waals surface area contributed by atoms with Crippen molar-refractivity contribution in [3.8, 4) is 0 Å². The highest BCUT2D eigenvalue weighted by molar-refractivity contribution is 5.98. The standard InChI is InChI=1S/C8H9FN2O/c1-2-7(11-12)8-4-3-6(9)5-10-8/h3-5,12H,2H2,1H3/b11-7-. The lowest BCUT2D eigenvalue weighted by atomic mass is 10.2. The van der Waals surface area contributed by atoms with Crippen LogP contribution in [0.1, 0.15) is 19.0 Å². The zero-order valence-electron chi connectivity index (χ0n) is 6.66. The predicted octanol–water partition coefficient (Wildman–Crippen LogP) is 1.81. The molecule has 1 aromatic heterocycles. The van der Waals surface area contributed by atoms with E-state index in [1.54, 1.807) is 0 Å². The van der Waals surface area contributed by atoms with E-state index < -0.39 is 5.82 Å². The van der Waals surface area contributed by atoms with Gasteiger partial charge in [-0.3, -0.25) is 4.98 Å². The molecule has 12 heavy (non-hydrogen) atoms. The van der Waals surface area contributed by atoms with E-state index in [0.717, 1.165) is 6.20 Å². The van der Waals surface area contributed by atoms with Crippen molar-refractivity contribution in [1.29, 1.82) is 0 Å². The van der Waals surface area contributed by atoms with Gasteiger partial charge in [0.25, 0.3) is 0 Å². The lowest BCUT2D eigenvalue weighted by molar-refractivity contribution is 0.318. The summed E-state index contributed by atoms with van der Waals surface area (Å²) in [5.41, 5.74) is 0.955. The Morgan fingerprint density at radius 2 is 2.42 bits per heavy atom. The fourth-order valence-corrected chi connectivity index (χ4v) is 0.850. The molecule has 0 saturated carbocycles. The van der Waals surface area contributed by atoms with Crippen LogP contribution in [0.15, 0.2) is 23.5 Å². The molecule has 1 heterocycles. The van der Waals surface area contributed by atoms with E-state index >= 15 is 0 Å². The van der Waals surface area contributed by atoms with Gasteiger partial charge in [-0.25, -0.2) is 4.39 Å². The molecule has 0 aliphatic heterocycles. The Hall–Kier alpha value is -1.45. The van der Waals surface area contributed by atoms with Crippen LogP contribution in [0.25, 0.3) is 0 Å². The molecule has 0 aliphatic carbocycles. The van der Waals surface area contributed by atoms with Crippen molar-refractivity contribution in [3.63, 3.8) is 0 Å². The van der Waals surface area contributed by atoms with E-state index in [1.807, 2.05) is 6.92 Å². The maximum Gasteiger partial charge on any atom is 0.141 e. The number of halogens is 1. The first-order chi connectivity index (χ1) is 5.77. The highest BCUT2D eigenvalue weighted by atomic mass is 19.1. The third kappa shape index (κ3) is 1.78. The number of oxime groups is 1. The Kier molecular flexibility index (Phi) is 2.74. The van der Waals surface area contributed by atoms with Crippen LogP contribution in [0, 0.1) is 5.82 Å². The Morgan fingerprint density at radius 1 is 1.67 bits per heavy atom. The monoisotopic (exact) mass is 168 g/mol. The summed E-state index contributed by atoms with van der Waals surface area (Å²) in [5.74, 6) is -0.396. The summed E-state index contributed by atoms with van der Waals surface area (Å²) >= 11 is 0. The number of rotatable bonds is 2. The van der Waals surface area contributed by atoms with E-state index in [0.29, 0.717) is 17.8 Å². The van der Waals surface area contributed by atoms with Crippen LogP contribution in [0.3, 0.4) is 0 Å². The second-order valence-corrected chi connectivity index (χ2v) is 2.26. The van der Waals surface area contributed by atoms with Gasteiger partial charge < -0.3 is 5.21 Å². The smallest absolute Gasteiger partial charge is 0.141 e. The van der Waals surface area contributed by atoms with Crippen molar-refractivity contribution in [3.05, 3.63) is 29.8 Å². The first-order valence-corrected chi connectivity index (χ1v) is 3.60. The lowest BCUT2D eigenvalue weighted by Gasteiger charge is -1.98. The molecule has 0 saturated heterocycles. The van der Waals surface area contributed by atoms with Gasteiger partial charge in [0.05, 0.1) is 11.9 Å². The van der Waals surface area contributed by atoms with Gasteiger partial charge >= 0.3 is 0 Å². The summed E-state index contributed by atoms with van der Waals surface area (Å²) in [6.07, 6.45) is 1.66. The zero-order valence-corrected chi connectivity index (χ0v) is 6.66. The van der Waals surface area contributed by atoms with Crippen molar-refractivity contribution in [2.45, 2.75) is 13.3 Å². The van der Waals surface area contributed by atoms with Gasteiger partial charge in [0.2, 0.25) is 0 Å². The molecular formula is C8H9FN2O. The number of hydrogen-bond donors (Lipinski definition) is 1. The molecule has 1 N–H and O–H groups in total. The average Bonchev–Trinajstić information content (AvgIpc) is 2.10. The summed E-state index contributed by atoms with van der Waals surface area (Å²) in [6, 6.07) is 2.76. The van der Waals surface area contributed by atoms with Crippen LogP contribution in [0.4, 0.5) is 4.39 Å². The van der Waals surface area contributed by atoms with E-state index in [9.17, 15) is 4.39 Å². The van der Waals surface area contributed by atoms with Crippen molar-refractivity contribution in [2.75, 3.05) is 0 Å². The molecule has 0 spiro atoms. The fraction of sp³-hybridized carbons (Fsp3) is 0.250. The lowest BCUT2D eigenvalue weighted by Crippen LogP contribution is -2.01. The Bertz CT molecular complexity index is 282. The van der Waals surface area contributed by atoms with Crippen molar-refractivity contribution in [2.24, 2.45) is 5.16 Å². The molecular weight excluding hydrogens is 159 g/mol. The van der Waals surface area contributed by atoms with Crippen molar-refractivity contribution in [1.82, 2.24) is 4.98 Å². The average molecular weight is 168 g/mol. The summed E-state index contributed by atoms with van der Waals surface area (Å²) in [7, 11) is 0. The molecule has 0 bridgehead atoms. The predicted molar refractivity (Wildman–Crippen MR) is 42.8 cm³/mol. The van der Waals surface area contributed by atoms with Crippen LogP contribution >= 0.6 is 0 Å². The van der Waals surface area contributed by atoms with E-state index in [-0.39, 0.29) is 0 Å². The van der Waals surface area contributed by atoms with Crippen LogP contribution < -0.4 is 0 Å². The van der Waals surface area contributed by atoms with Gasteiger partial charge in [0.15, 0.2) is 0 Å². The molecule has 4 heteroatoms. The molecule has 3 nitrogen and oxygen atoms in total. The zero-order chi connectivity index (χ0) is 8.97. The van der Waals surface area contributed by atoms with Gasteiger partial charge in [-0.05, 0) is 18.6 Å². The number of aromatic nitrogens is 1. The first-order valence-electron chi connectivity index (χ1n) is 3.60. The Morgan fingerprint density at radius 3 is 2.83 bits per heavy atom. The van der Waals surface area contributed by atoms with Crippen LogP contribution in [-0.4, -0.2) is 15.9 Å². The van der Waals surface area contributed by atoms with Gasteiger partial charge in [0, 0.05) is 0 Å². The second kappa shape index (κ2) is 3.80. The minimum atomic E-state index is -0.396. The molecule has 0 unspecified atom stereocenters. The highest BCUT2D eigenvalue weighted by Crippen LogP contribution is 2.02. The van der Waals surface area contributed by atoms with Gasteiger partial charge in [-0.2, -0.15) is 0 Å². The molecule has 1 aromatic rings. The first kappa shape index (κ1) is 8.64.